The van der Waals surface area contributed by atoms with Gasteiger partial charge in [-0.3, -0.25) is 14.4 Å². The SMILES string of the molecule is CN(C)CCNC(=O)C(CC(=O)O)NC(=O)C(C)(C)C. The summed E-state index contributed by atoms with van der Waals surface area (Å²) < 4.78 is 0. The fraction of sp³-hybridized carbons (Fsp3) is 0.769. The van der Waals surface area contributed by atoms with Crippen molar-refractivity contribution in [1.29, 1.82) is 0 Å². The molecule has 0 saturated heterocycles. The Labute approximate surface area is 119 Å². The van der Waals surface area contributed by atoms with E-state index in [4.69, 9.17) is 5.11 Å². The van der Waals surface area contributed by atoms with Crippen LogP contribution in [0.3, 0.4) is 0 Å². The highest BCUT2D eigenvalue weighted by Gasteiger charge is 2.28. The quantitative estimate of drug-likeness (QED) is 0.595. The molecule has 1 atom stereocenters. The first-order valence-corrected chi connectivity index (χ1v) is 6.49. The number of aliphatic carboxylic acids is 1. The molecule has 0 aromatic rings. The van der Waals surface area contributed by atoms with Crippen LogP contribution in [0.4, 0.5) is 0 Å². The van der Waals surface area contributed by atoms with E-state index in [1.54, 1.807) is 20.8 Å². The molecule has 0 spiro atoms. The number of carboxylic acids is 1. The Kier molecular flexibility index (Phi) is 7.20. The number of rotatable bonds is 7. The predicted octanol–water partition coefficient (Wildman–Crippen LogP) is -0.330. The minimum Gasteiger partial charge on any atom is -0.481 e. The molecular weight excluding hydrogens is 262 g/mol. The molecule has 7 nitrogen and oxygen atoms in total. The maximum atomic E-state index is 11.9. The zero-order valence-electron chi connectivity index (χ0n) is 12.8. The summed E-state index contributed by atoms with van der Waals surface area (Å²) in [5.41, 5.74) is -0.680. The second kappa shape index (κ2) is 7.84. The van der Waals surface area contributed by atoms with Gasteiger partial charge in [0.1, 0.15) is 6.04 Å². The van der Waals surface area contributed by atoms with Gasteiger partial charge < -0.3 is 20.6 Å². The van der Waals surface area contributed by atoms with Crippen LogP contribution in [-0.2, 0) is 14.4 Å². The van der Waals surface area contributed by atoms with Crippen LogP contribution >= 0.6 is 0 Å². The first kappa shape index (κ1) is 18.4. The van der Waals surface area contributed by atoms with Crippen molar-refractivity contribution in [3.05, 3.63) is 0 Å². The van der Waals surface area contributed by atoms with Crippen molar-refractivity contribution in [2.24, 2.45) is 5.41 Å². The Morgan fingerprint density at radius 3 is 2.15 bits per heavy atom. The van der Waals surface area contributed by atoms with E-state index in [-0.39, 0.29) is 5.91 Å². The van der Waals surface area contributed by atoms with Gasteiger partial charge >= 0.3 is 5.97 Å². The molecular formula is C13H25N3O4. The summed E-state index contributed by atoms with van der Waals surface area (Å²) in [6.07, 6.45) is -0.435. The fourth-order valence-electron chi connectivity index (χ4n) is 1.28. The maximum absolute atomic E-state index is 11.9. The lowest BCUT2D eigenvalue weighted by molar-refractivity contribution is -0.141. The fourth-order valence-corrected chi connectivity index (χ4v) is 1.28. The predicted molar refractivity (Wildman–Crippen MR) is 75.2 cm³/mol. The zero-order chi connectivity index (χ0) is 15.9. The summed E-state index contributed by atoms with van der Waals surface area (Å²) >= 11 is 0. The van der Waals surface area contributed by atoms with Gasteiger partial charge in [-0.1, -0.05) is 20.8 Å². The molecule has 2 amide bonds. The van der Waals surface area contributed by atoms with E-state index in [2.05, 4.69) is 10.6 Å². The Bertz CT molecular complexity index is 361. The molecule has 0 heterocycles. The van der Waals surface area contributed by atoms with Crippen molar-refractivity contribution in [2.75, 3.05) is 27.2 Å². The summed E-state index contributed by atoms with van der Waals surface area (Å²) in [4.78, 5) is 36.4. The van der Waals surface area contributed by atoms with Crippen LogP contribution in [0, 0.1) is 5.41 Å². The monoisotopic (exact) mass is 287 g/mol. The molecule has 116 valence electrons. The Morgan fingerprint density at radius 1 is 1.20 bits per heavy atom. The Hall–Kier alpha value is -1.63. The van der Waals surface area contributed by atoms with Gasteiger partial charge in [0.15, 0.2) is 0 Å². The molecule has 0 saturated carbocycles. The second-order valence-electron chi connectivity index (χ2n) is 5.97. The molecule has 0 aliphatic heterocycles. The average molecular weight is 287 g/mol. The lowest BCUT2D eigenvalue weighted by Crippen LogP contribution is -2.51. The molecule has 20 heavy (non-hydrogen) atoms. The Morgan fingerprint density at radius 2 is 1.75 bits per heavy atom. The van der Waals surface area contributed by atoms with Crippen molar-refractivity contribution in [3.8, 4) is 0 Å². The van der Waals surface area contributed by atoms with Gasteiger partial charge in [-0.25, -0.2) is 0 Å². The van der Waals surface area contributed by atoms with E-state index in [0.29, 0.717) is 13.1 Å². The van der Waals surface area contributed by atoms with Crippen LogP contribution in [0.2, 0.25) is 0 Å². The van der Waals surface area contributed by atoms with Crippen LogP contribution in [0.5, 0.6) is 0 Å². The van der Waals surface area contributed by atoms with E-state index in [0.717, 1.165) is 0 Å². The van der Waals surface area contributed by atoms with Gasteiger partial charge in [-0.05, 0) is 14.1 Å². The second-order valence-corrected chi connectivity index (χ2v) is 5.97. The van der Waals surface area contributed by atoms with E-state index in [1.807, 2.05) is 19.0 Å². The largest absolute Gasteiger partial charge is 0.481 e. The zero-order valence-corrected chi connectivity index (χ0v) is 12.8. The molecule has 1 unspecified atom stereocenters. The summed E-state index contributed by atoms with van der Waals surface area (Å²) in [6.45, 7) is 6.13. The number of nitrogens with zero attached hydrogens (tertiary/aromatic N) is 1. The molecule has 3 N–H and O–H groups in total. The maximum Gasteiger partial charge on any atom is 0.305 e. The van der Waals surface area contributed by atoms with Crippen molar-refractivity contribution >= 4 is 17.8 Å². The number of likely N-dealkylation sites (N-methyl/N-ethyl adjacent to an activating group) is 1. The number of carbonyl (C=O) groups excluding carboxylic acids is 2. The highest BCUT2D eigenvalue weighted by molar-refractivity contribution is 5.92. The van der Waals surface area contributed by atoms with Crippen molar-refractivity contribution in [2.45, 2.75) is 33.2 Å². The third-order valence-electron chi connectivity index (χ3n) is 2.54. The smallest absolute Gasteiger partial charge is 0.305 e. The molecule has 0 fully saturated rings. The number of nitrogens with one attached hydrogen (secondary N) is 2. The molecule has 0 aromatic heterocycles. The van der Waals surface area contributed by atoms with E-state index in [1.165, 1.54) is 0 Å². The van der Waals surface area contributed by atoms with Gasteiger partial charge in [0.2, 0.25) is 11.8 Å². The van der Waals surface area contributed by atoms with Gasteiger partial charge in [-0.15, -0.1) is 0 Å². The molecule has 0 aliphatic carbocycles. The first-order chi connectivity index (χ1) is 9.04. The van der Waals surface area contributed by atoms with Gasteiger partial charge in [0.25, 0.3) is 0 Å². The van der Waals surface area contributed by atoms with E-state index in [9.17, 15) is 14.4 Å². The third-order valence-corrected chi connectivity index (χ3v) is 2.54. The van der Waals surface area contributed by atoms with Crippen LogP contribution in [0.15, 0.2) is 0 Å². The minimum atomic E-state index is -1.13. The van der Waals surface area contributed by atoms with Crippen molar-refractivity contribution in [1.82, 2.24) is 15.5 Å². The molecule has 0 radical (unpaired) electrons. The summed E-state index contributed by atoms with van der Waals surface area (Å²) in [7, 11) is 3.73. The summed E-state index contributed by atoms with van der Waals surface area (Å²) in [6, 6.07) is -1.05. The highest BCUT2D eigenvalue weighted by atomic mass is 16.4. The van der Waals surface area contributed by atoms with Gasteiger partial charge in [-0.2, -0.15) is 0 Å². The van der Waals surface area contributed by atoms with E-state index < -0.39 is 29.8 Å². The van der Waals surface area contributed by atoms with Crippen molar-refractivity contribution < 1.29 is 19.5 Å². The standard InChI is InChI=1S/C13H25N3O4/c1-13(2,3)12(20)15-9(8-10(17)18)11(19)14-6-7-16(4)5/h9H,6-8H2,1-5H3,(H,14,19)(H,15,20)(H,17,18). The number of hydrogen-bond donors (Lipinski definition) is 3. The molecule has 0 bridgehead atoms. The summed E-state index contributed by atoms with van der Waals surface area (Å²) in [5, 5.41) is 13.9. The minimum absolute atomic E-state index is 0.355. The molecule has 0 aromatic carbocycles. The average Bonchev–Trinajstić information content (AvgIpc) is 2.25. The topological polar surface area (TPSA) is 98.7 Å². The van der Waals surface area contributed by atoms with Crippen LogP contribution in [0.1, 0.15) is 27.2 Å². The van der Waals surface area contributed by atoms with Crippen LogP contribution < -0.4 is 10.6 Å². The summed E-state index contributed by atoms with van der Waals surface area (Å²) in [5.74, 6) is -1.97. The van der Waals surface area contributed by atoms with Crippen LogP contribution in [0.25, 0.3) is 0 Å². The molecule has 0 aliphatic rings. The lowest BCUT2D eigenvalue weighted by Gasteiger charge is -2.23. The number of amides is 2. The lowest BCUT2D eigenvalue weighted by atomic mass is 9.95. The molecule has 0 rings (SSSR count). The van der Waals surface area contributed by atoms with Crippen LogP contribution in [-0.4, -0.2) is 61.0 Å². The first-order valence-electron chi connectivity index (χ1n) is 6.49. The highest BCUT2D eigenvalue weighted by Crippen LogP contribution is 2.13. The molecule has 7 heteroatoms. The number of carboxylic acid groups (broad SMARTS) is 1. The number of carbonyl (C=O) groups is 3. The van der Waals surface area contributed by atoms with Crippen molar-refractivity contribution in [3.63, 3.8) is 0 Å². The van der Waals surface area contributed by atoms with Gasteiger partial charge in [0.05, 0.1) is 6.42 Å². The third kappa shape index (κ3) is 7.73. The number of hydrogen-bond acceptors (Lipinski definition) is 4. The van der Waals surface area contributed by atoms with E-state index >= 15 is 0 Å². The normalized spacial score (nSPS) is 12.9. The Balaban J connectivity index is 4.59. The van der Waals surface area contributed by atoms with Gasteiger partial charge in [0, 0.05) is 18.5 Å².